The molecule has 0 bridgehead atoms. The fourth-order valence-corrected chi connectivity index (χ4v) is 6.06. The highest BCUT2D eigenvalue weighted by molar-refractivity contribution is 6.02. The zero-order valence-electron chi connectivity index (χ0n) is 20.0. The van der Waals surface area contributed by atoms with Gasteiger partial charge in [-0.15, -0.1) is 0 Å². The highest BCUT2D eigenvalue weighted by Crippen LogP contribution is 2.51. The van der Waals surface area contributed by atoms with Gasteiger partial charge in [-0.2, -0.15) is 5.26 Å². The number of nitrogens with zero attached hydrogens (tertiary/aromatic N) is 4. The molecule has 2 aliphatic rings. The summed E-state index contributed by atoms with van der Waals surface area (Å²) in [6, 6.07) is 18.3. The molecule has 2 aromatic carbocycles. The number of Topliss-reactive ketones (excluding diaryl/α,β-unsaturated/α-hetero) is 1. The average Bonchev–Trinajstić information content (AvgIpc) is 2.90. The second kappa shape index (κ2) is 8.17. The summed E-state index contributed by atoms with van der Waals surface area (Å²) in [5.74, 6) is -0.208. The average molecular weight is 475 g/mol. The van der Waals surface area contributed by atoms with Crippen LogP contribution < -0.4 is 0 Å². The number of rotatable bonds is 2. The quantitative estimate of drug-likeness (QED) is 0.357. The molecule has 4 aromatic rings. The van der Waals surface area contributed by atoms with Crippen molar-refractivity contribution in [1.29, 1.82) is 5.26 Å². The first kappa shape index (κ1) is 22.2. The van der Waals surface area contributed by atoms with E-state index in [0.29, 0.717) is 23.5 Å². The number of benzene rings is 2. The summed E-state index contributed by atoms with van der Waals surface area (Å²) in [6.07, 6.45) is 4.97. The minimum absolute atomic E-state index is 0.00638. The molecular formula is C30H23FN4O. The van der Waals surface area contributed by atoms with E-state index in [2.05, 4.69) is 18.0 Å². The van der Waals surface area contributed by atoms with Crippen LogP contribution in [0.5, 0.6) is 0 Å². The number of carbonyl (C=O) groups is 1. The number of allylic oxidation sites excluding steroid dienone is 2. The molecule has 36 heavy (non-hydrogen) atoms. The van der Waals surface area contributed by atoms with Crippen LogP contribution in [0.4, 0.5) is 4.39 Å². The van der Waals surface area contributed by atoms with Gasteiger partial charge in [0.05, 0.1) is 22.5 Å². The number of hydrogen-bond donors (Lipinski definition) is 0. The Morgan fingerprint density at radius 1 is 1.11 bits per heavy atom. The monoisotopic (exact) mass is 474 g/mol. The largest absolute Gasteiger partial charge is 0.293 e. The second-order valence-corrected chi connectivity index (χ2v) is 9.86. The van der Waals surface area contributed by atoms with Gasteiger partial charge in [-0.25, -0.2) is 14.4 Å². The Hall–Kier alpha value is -4.24. The van der Waals surface area contributed by atoms with Crippen LogP contribution in [0, 0.1) is 29.0 Å². The van der Waals surface area contributed by atoms with E-state index >= 15 is 0 Å². The summed E-state index contributed by atoms with van der Waals surface area (Å²) >= 11 is 0. The number of pyridine rings is 1. The van der Waals surface area contributed by atoms with Gasteiger partial charge in [-0.05, 0) is 43.0 Å². The first-order valence-electron chi connectivity index (χ1n) is 12.1. The fourth-order valence-electron chi connectivity index (χ4n) is 6.06. The van der Waals surface area contributed by atoms with Gasteiger partial charge >= 0.3 is 0 Å². The summed E-state index contributed by atoms with van der Waals surface area (Å²) in [6.45, 7) is 3.97. The van der Waals surface area contributed by atoms with Gasteiger partial charge in [0, 0.05) is 39.6 Å². The number of nitriles is 1. The summed E-state index contributed by atoms with van der Waals surface area (Å²) in [4.78, 5) is 27.5. The number of carbonyl (C=O) groups excluding carboxylic acids is 1. The maximum absolute atomic E-state index is 14.3. The fraction of sp³-hybridized carbons (Fsp3) is 0.233. The molecule has 3 atom stereocenters. The van der Waals surface area contributed by atoms with Gasteiger partial charge < -0.3 is 0 Å². The van der Waals surface area contributed by atoms with E-state index in [4.69, 9.17) is 9.97 Å². The zero-order valence-corrected chi connectivity index (χ0v) is 20.0. The van der Waals surface area contributed by atoms with E-state index in [1.54, 1.807) is 18.3 Å². The standard InChI is InChI=1S/C30H23FN4O/c1-17-24-11-10-23-26(18-6-5-7-20(31)14-18)34-29(22-12-13-33-25-9-4-3-8-21(22)25)35-28(23)30(24,2)15-19(16-32)27(17)36/h3-9,12-15,17,24H,10-11H2,1-2H3/t17-,24-,30-/m1/s1. The van der Waals surface area contributed by atoms with Crippen molar-refractivity contribution in [3.05, 3.63) is 89.5 Å². The van der Waals surface area contributed by atoms with Crippen molar-refractivity contribution in [2.24, 2.45) is 11.8 Å². The van der Waals surface area contributed by atoms with E-state index < -0.39 is 5.41 Å². The lowest BCUT2D eigenvalue weighted by Gasteiger charge is -2.45. The third-order valence-corrected chi connectivity index (χ3v) is 7.83. The van der Waals surface area contributed by atoms with E-state index in [1.807, 2.05) is 43.3 Å². The molecular weight excluding hydrogens is 451 g/mol. The molecule has 2 heterocycles. The van der Waals surface area contributed by atoms with Crippen molar-refractivity contribution < 1.29 is 9.18 Å². The maximum Gasteiger partial charge on any atom is 0.176 e. The van der Waals surface area contributed by atoms with Gasteiger partial charge in [0.25, 0.3) is 0 Å². The van der Waals surface area contributed by atoms with E-state index in [0.717, 1.165) is 34.1 Å². The van der Waals surface area contributed by atoms with Crippen LogP contribution in [-0.4, -0.2) is 20.7 Å². The van der Waals surface area contributed by atoms with Crippen LogP contribution in [0.1, 0.15) is 31.5 Å². The Bertz CT molecular complexity index is 1630. The molecule has 176 valence electrons. The van der Waals surface area contributed by atoms with E-state index in [-0.39, 0.29) is 29.0 Å². The number of fused-ring (bicyclic) bond motifs is 4. The predicted octanol–water partition coefficient (Wildman–Crippen LogP) is 5.99. The first-order valence-corrected chi connectivity index (χ1v) is 12.1. The topological polar surface area (TPSA) is 79.5 Å². The van der Waals surface area contributed by atoms with Gasteiger partial charge in [-0.1, -0.05) is 50.3 Å². The molecule has 0 radical (unpaired) electrons. The smallest absolute Gasteiger partial charge is 0.176 e. The molecule has 0 saturated carbocycles. The Balaban J connectivity index is 1.69. The molecule has 0 N–H and O–H groups in total. The van der Waals surface area contributed by atoms with Crippen LogP contribution >= 0.6 is 0 Å². The molecule has 0 amide bonds. The molecule has 2 aliphatic carbocycles. The Morgan fingerprint density at radius 3 is 2.75 bits per heavy atom. The van der Waals surface area contributed by atoms with E-state index in [9.17, 15) is 14.4 Å². The van der Waals surface area contributed by atoms with E-state index in [1.165, 1.54) is 12.1 Å². The SMILES string of the molecule is C[C@H]1C(=O)C(C#N)=C[C@@]2(C)c3nc(-c4ccnc5ccccc45)nc(-c4cccc(F)c4)c3CC[C@H]12. The van der Waals surface area contributed by atoms with Crippen molar-refractivity contribution in [2.75, 3.05) is 0 Å². The number of para-hydroxylation sites is 1. The molecule has 0 unspecified atom stereocenters. The summed E-state index contributed by atoms with van der Waals surface area (Å²) in [7, 11) is 0. The summed E-state index contributed by atoms with van der Waals surface area (Å²) < 4.78 is 14.3. The molecule has 0 spiro atoms. The van der Waals surface area contributed by atoms with Crippen LogP contribution in [0.3, 0.4) is 0 Å². The lowest BCUT2D eigenvalue weighted by Crippen LogP contribution is -2.46. The lowest BCUT2D eigenvalue weighted by atomic mass is 9.57. The highest BCUT2D eigenvalue weighted by Gasteiger charge is 2.49. The third kappa shape index (κ3) is 3.27. The summed E-state index contributed by atoms with van der Waals surface area (Å²) in [5.41, 5.74) is 4.32. The normalized spacial score (nSPS) is 22.9. The van der Waals surface area contributed by atoms with Gasteiger partial charge in [0.2, 0.25) is 0 Å². The Labute approximate surface area is 208 Å². The molecule has 0 aliphatic heterocycles. The van der Waals surface area contributed by atoms with Crippen molar-refractivity contribution in [3.8, 4) is 28.7 Å². The maximum atomic E-state index is 14.3. The number of hydrogen-bond acceptors (Lipinski definition) is 5. The van der Waals surface area contributed by atoms with Crippen molar-refractivity contribution in [3.63, 3.8) is 0 Å². The van der Waals surface area contributed by atoms with Crippen LogP contribution in [0.2, 0.25) is 0 Å². The minimum Gasteiger partial charge on any atom is -0.293 e. The molecule has 6 rings (SSSR count). The molecule has 0 saturated heterocycles. The molecule has 0 fully saturated rings. The van der Waals surface area contributed by atoms with Crippen LogP contribution in [-0.2, 0) is 16.6 Å². The Kier molecular flexibility index (Phi) is 5.04. The van der Waals surface area contributed by atoms with Gasteiger partial charge in [0.15, 0.2) is 11.6 Å². The minimum atomic E-state index is -0.630. The number of aromatic nitrogens is 3. The third-order valence-electron chi connectivity index (χ3n) is 7.83. The zero-order chi connectivity index (χ0) is 25.0. The number of halogens is 1. The van der Waals surface area contributed by atoms with Gasteiger partial charge in [-0.3, -0.25) is 9.78 Å². The second-order valence-electron chi connectivity index (χ2n) is 9.86. The predicted molar refractivity (Wildman–Crippen MR) is 135 cm³/mol. The summed E-state index contributed by atoms with van der Waals surface area (Å²) in [5, 5.41) is 10.6. The highest BCUT2D eigenvalue weighted by atomic mass is 19.1. The van der Waals surface area contributed by atoms with Crippen LogP contribution in [0.25, 0.3) is 33.5 Å². The molecule has 6 heteroatoms. The number of ketones is 1. The Morgan fingerprint density at radius 2 is 1.94 bits per heavy atom. The lowest BCUT2D eigenvalue weighted by molar-refractivity contribution is -0.121. The van der Waals surface area contributed by atoms with Gasteiger partial charge in [0.1, 0.15) is 11.9 Å². The first-order chi connectivity index (χ1) is 17.4. The van der Waals surface area contributed by atoms with Crippen molar-refractivity contribution >= 4 is 16.7 Å². The van der Waals surface area contributed by atoms with Crippen molar-refractivity contribution in [1.82, 2.24) is 15.0 Å². The van der Waals surface area contributed by atoms with Crippen LogP contribution in [0.15, 0.2) is 72.4 Å². The molecule has 5 nitrogen and oxygen atoms in total. The van der Waals surface area contributed by atoms with Crippen molar-refractivity contribution in [2.45, 2.75) is 32.1 Å². The molecule has 2 aromatic heterocycles.